The Labute approximate surface area is 119 Å². The van der Waals surface area contributed by atoms with Crippen LogP contribution in [-0.4, -0.2) is 28.6 Å². The van der Waals surface area contributed by atoms with Crippen molar-refractivity contribution < 1.29 is 9.90 Å². The van der Waals surface area contributed by atoms with Crippen molar-refractivity contribution in [3.05, 3.63) is 28.8 Å². The Morgan fingerprint density at radius 2 is 2.00 bits per heavy atom. The van der Waals surface area contributed by atoms with Gasteiger partial charge in [0.2, 0.25) is 0 Å². The van der Waals surface area contributed by atoms with E-state index in [0.717, 1.165) is 31.2 Å². The number of carbonyl (C=O) groups excluding carboxylic acids is 1. The van der Waals surface area contributed by atoms with E-state index in [0.29, 0.717) is 23.7 Å². The predicted octanol–water partition coefficient (Wildman–Crippen LogP) is 2.26. The third-order valence-corrected chi connectivity index (χ3v) is 4.84. The average molecular weight is 274 g/mol. The molecule has 1 saturated carbocycles. The van der Waals surface area contributed by atoms with E-state index in [2.05, 4.69) is 6.07 Å². The molecule has 1 amide bonds. The zero-order chi connectivity index (χ0) is 14.5. The minimum absolute atomic E-state index is 0.0298. The predicted molar refractivity (Wildman–Crippen MR) is 78.5 cm³/mol. The van der Waals surface area contributed by atoms with Gasteiger partial charge in [0.05, 0.1) is 11.2 Å². The number of hydrogen-bond donors (Lipinski definition) is 2. The fourth-order valence-corrected chi connectivity index (χ4v) is 3.54. The van der Waals surface area contributed by atoms with E-state index in [9.17, 15) is 9.90 Å². The number of aliphatic hydroxyl groups is 1. The summed E-state index contributed by atoms with van der Waals surface area (Å²) < 4.78 is 0. The summed E-state index contributed by atoms with van der Waals surface area (Å²) in [5, 5.41) is 10.1. The third kappa shape index (κ3) is 2.08. The highest BCUT2D eigenvalue weighted by Crippen LogP contribution is 2.42. The molecule has 1 aliphatic carbocycles. The van der Waals surface area contributed by atoms with Crippen LogP contribution in [0.5, 0.6) is 0 Å². The van der Waals surface area contributed by atoms with Crippen LogP contribution in [0.1, 0.15) is 60.0 Å². The van der Waals surface area contributed by atoms with E-state index in [4.69, 9.17) is 5.73 Å². The fourth-order valence-electron chi connectivity index (χ4n) is 3.54. The summed E-state index contributed by atoms with van der Waals surface area (Å²) in [6.07, 6.45) is 3.59. The number of benzene rings is 1. The molecule has 0 radical (unpaired) electrons. The van der Waals surface area contributed by atoms with Gasteiger partial charge in [-0.15, -0.1) is 0 Å². The maximum Gasteiger partial charge on any atom is 0.256 e. The molecule has 0 aromatic heterocycles. The first kappa shape index (κ1) is 13.4. The third-order valence-electron chi connectivity index (χ3n) is 4.84. The maximum atomic E-state index is 12.2. The van der Waals surface area contributed by atoms with E-state index in [1.807, 2.05) is 20.0 Å². The summed E-state index contributed by atoms with van der Waals surface area (Å²) in [7, 11) is 1.82. The van der Waals surface area contributed by atoms with Gasteiger partial charge < -0.3 is 15.7 Å². The van der Waals surface area contributed by atoms with E-state index in [1.54, 1.807) is 4.90 Å². The van der Waals surface area contributed by atoms with Gasteiger partial charge in [-0.1, -0.05) is 6.07 Å². The fraction of sp³-hybridized carbons (Fsp3) is 0.562. The SMILES string of the molecule is CN1Cc2c(c(N)ccc2[C@H]2CC[C@](C)(O)CC2)C1=O. The van der Waals surface area contributed by atoms with Gasteiger partial charge in [-0.25, -0.2) is 0 Å². The van der Waals surface area contributed by atoms with Crippen molar-refractivity contribution >= 4 is 11.6 Å². The lowest BCUT2D eigenvalue weighted by Crippen LogP contribution is -2.29. The van der Waals surface area contributed by atoms with Crippen LogP contribution in [0.25, 0.3) is 0 Å². The van der Waals surface area contributed by atoms with Crippen LogP contribution in [0.4, 0.5) is 5.69 Å². The average Bonchev–Trinajstić information content (AvgIpc) is 2.68. The summed E-state index contributed by atoms with van der Waals surface area (Å²) in [4.78, 5) is 13.9. The highest BCUT2D eigenvalue weighted by atomic mass is 16.3. The largest absolute Gasteiger partial charge is 0.398 e. The molecule has 1 aliphatic heterocycles. The number of nitrogens with zero attached hydrogens (tertiary/aromatic N) is 1. The van der Waals surface area contributed by atoms with E-state index in [1.165, 1.54) is 5.56 Å². The summed E-state index contributed by atoms with van der Waals surface area (Å²) in [5.41, 5.74) is 9.08. The molecule has 0 spiro atoms. The zero-order valence-corrected chi connectivity index (χ0v) is 12.1. The molecule has 0 saturated heterocycles. The molecule has 20 heavy (non-hydrogen) atoms. The quantitative estimate of drug-likeness (QED) is 0.772. The summed E-state index contributed by atoms with van der Waals surface area (Å²) in [6.45, 7) is 2.56. The number of rotatable bonds is 1. The molecule has 1 fully saturated rings. The number of anilines is 1. The molecule has 1 aromatic rings. The minimum Gasteiger partial charge on any atom is -0.398 e. The van der Waals surface area contributed by atoms with E-state index >= 15 is 0 Å². The number of carbonyl (C=O) groups is 1. The molecule has 0 atom stereocenters. The standard InChI is InChI=1S/C16H22N2O2/c1-16(20)7-5-10(6-8-16)11-3-4-13(17)14-12(11)9-18(2)15(14)19/h3-4,10,20H,5-9,17H2,1-2H3/t10-,16-. The summed E-state index contributed by atoms with van der Waals surface area (Å²) >= 11 is 0. The lowest BCUT2D eigenvalue weighted by Gasteiger charge is -2.34. The zero-order valence-electron chi connectivity index (χ0n) is 12.1. The van der Waals surface area contributed by atoms with E-state index < -0.39 is 5.60 Å². The first-order valence-electron chi connectivity index (χ1n) is 7.28. The molecule has 2 aliphatic rings. The van der Waals surface area contributed by atoms with Crippen molar-refractivity contribution in [3.8, 4) is 0 Å². The van der Waals surface area contributed by atoms with Crippen LogP contribution in [0.2, 0.25) is 0 Å². The number of nitrogen functional groups attached to an aromatic ring is 1. The van der Waals surface area contributed by atoms with Gasteiger partial charge in [0.15, 0.2) is 0 Å². The Balaban J connectivity index is 1.95. The minimum atomic E-state index is -0.528. The molecule has 1 heterocycles. The molecule has 108 valence electrons. The van der Waals surface area contributed by atoms with Gasteiger partial charge in [-0.3, -0.25) is 4.79 Å². The lowest BCUT2D eigenvalue weighted by atomic mass is 9.75. The Kier molecular flexibility index (Phi) is 3.01. The second-order valence-corrected chi connectivity index (χ2v) is 6.53. The number of hydrogen-bond acceptors (Lipinski definition) is 3. The molecule has 4 nitrogen and oxygen atoms in total. The Morgan fingerprint density at radius 1 is 1.35 bits per heavy atom. The Hall–Kier alpha value is -1.55. The van der Waals surface area contributed by atoms with Crippen molar-refractivity contribution in [1.82, 2.24) is 4.90 Å². The Bertz CT molecular complexity index is 556. The number of fused-ring (bicyclic) bond motifs is 1. The second kappa shape index (κ2) is 4.48. The maximum absolute atomic E-state index is 12.2. The van der Waals surface area contributed by atoms with Crippen LogP contribution in [0.3, 0.4) is 0 Å². The summed E-state index contributed by atoms with van der Waals surface area (Å²) in [6, 6.07) is 3.93. The van der Waals surface area contributed by atoms with Crippen LogP contribution >= 0.6 is 0 Å². The highest BCUT2D eigenvalue weighted by molar-refractivity contribution is 6.03. The van der Waals surface area contributed by atoms with Gasteiger partial charge in [-0.2, -0.15) is 0 Å². The topological polar surface area (TPSA) is 66.6 Å². The second-order valence-electron chi connectivity index (χ2n) is 6.53. The molecular formula is C16H22N2O2. The van der Waals surface area contributed by atoms with E-state index in [-0.39, 0.29) is 5.91 Å². The molecule has 0 unspecified atom stereocenters. The smallest absolute Gasteiger partial charge is 0.256 e. The van der Waals surface area contributed by atoms with Gasteiger partial charge in [0.1, 0.15) is 0 Å². The van der Waals surface area contributed by atoms with Gasteiger partial charge >= 0.3 is 0 Å². The monoisotopic (exact) mass is 274 g/mol. The van der Waals surface area contributed by atoms with Crippen LogP contribution in [-0.2, 0) is 6.54 Å². The first-order chi connectivity index (χ1) is 9.39. The molecule has 0 bridgehead atoms. The highest BCUT2D eigenvalue weighted by Gasteiger charge is 2.34. The normalized spacial score (nSPS) is 29.6. The first-order valence-corrected chi connectivity index (χ1v) is 7.28. The van der Waals surface area contributed by atoms with Crippen molar-refractivity contribution in [2.24, 2.45) is 0 Å². The van der Waals surface area contributed by atoms with Gasteiger partial charge in [-0.05, 0) is 55.7 Å². The van der Waals surface area contributed by atoms with Crippen LogP contribution < -0.4 is 5.73 Å². The number of amides is 1. The van der Waals surface area contributed by atoms with Crippen molar-refractivity contribution in [2.75, 3.05) is 12.8 Å². The van der Waals surface area contributed by atoms with Crippen molar-refractivity contribution in [2.45, 2.75) is 50.7 Å². The lowest BCUT2D eigenvalue weighted by molar-refractivity contribution is 0.0171. The summed E-state index contributed by atoms with van der Waals surface area (Å²) in [5.74, 6) is 0.464. The molecule has 1 aromatic carbocycles. The molecule has 3 rings (SSSR count). The Morgan fingerprint density at radius 3 is 2.65 bits per heavy atom. The molecule has 3 N–H and O–H groups in total. The van der Waals surface area contributed by atoms with Crippen molar-refractivity contribution in [3.63, 3.8) is 0 Å². The van der Waals surface area contributed by atoms with Crippen molar-refractivity contribution in [1.29, 1.82) is 0 Å². The van der Waals surface area contributed by atoms with Gasteiger partial charge in [0.25, 0.3) is 5.91 Å². The van der Waals surface area contributed by atoms with Gasteiger partial charge in [0, 0.05) is 19.3 Å². The molecule has 4 heteroatoms. The van der Waals surface area contributed by atoms with Crippen LogP contribution in [0.15, 0.2) is 12.1 Å². The number of nitrogens with two attached hydrogens (primary N) is 1. The molecular weight excluding hydrogens is 252 g/mol. The van der Waals surface area contributed by atoms with Crippen LogP contribution in [0, 0.1) is 0 Å².